The number of urea groups is 1. The monoisotopic (exact) mass is 390 g/mol. The van der Waals surface area contributed by atoms with E-state index in [1.807, 2.05) is 0 Å². The number of nitrogens with two attached hydrogens (primary N) is 1. The van der Waals surface area contributed by atoms with Crippen LogP contribution >= 0.6 is 11.3 Å². The predicted molar refractivity (Wildman–Crippen MR) is 91.0 cm³/mol. The normalized spacial score (nSPS) is 11.3. The van der Waals surface area contributed by atoms with Crippen molar-refractivity contribution in [1.29, 1.82) is 0 Å². The van der Waals surface area contributed by atoms with Gasteiger partial charge in [0.25, 0.3) is 0 Å². The molecule has 4 N–H and O–H groups in total. The van der Waals surface area contributed by atoms with Crippen LogP contribution in [0.2, 0.25) is 0 Å². The van der Waals surface area contributed by atoms with Gasteiger partial charge in [-0.3, -0.25) is 4.79 Å². The van der Waals surface area contributed by atoms with Gasteiger partial charge in [-0.1, -0.05) is 17.8 Å². The van der Waals surface area contributed by atoms with Gasteiger partial charge in [-0.2, -0.15) is 0 Å². The minimum Gasteiger partial charge on any atom is -0.406 e. The summed E-state index contributed by atoms with van der Waals surface area (Å²) in [7, 11) is 0. The van der Waals surface area contributed by atoms with Gasteiger partial charge < -0.3 is 21.1 Å². The van der Waals surface area contributed by atoms with Crippen LogP contribution in [0.1, 0.15) is 25.7 Å². The molecule has 0 aliphatic rings. The molecule has 26 heavy (non-hydrogen) atoms. The van der Waals surface area contributed by atoms with E-state index in [2.05, 4.69) is 20.4 Å². The molecule has 0 atom stereocenters. The van der Waals surface area contributed by atoms with E-state index in [1.54, 1.807) is 0 Å². The lowest BCUT2D eigenvalue weighted by Crippen LogP contribution is -2.29. The predicted octanol–water partition coefficient (Wildman–Crippen LogP) is 3.36. The SMILES string of the molecule is NC(=O)NCCCCCC(=O)Nc1nc2ccc(OC(F)(F)F)cc2s1. The van der Waals surface area contributed by atoms with E-state index < -0.39 is 12.4 Å². The van der Waals surface area contributed by atoms with E-state index in [0.717, 1.165) is 17.8 Å². The number of aromatic nitrogens is 1. The average molecular weight is 390 g/mol. The second-order valence-corrected chi connectivity index (χ2v) is 6.38. The van der Waals surface area contributed by atoms with Crippen LogP contribution < -0.4 is 21.1 Å². The van der Waals surface area contributed by atoms with Crippen LogP contribution in [0, 0.1) is 0 Å². The van der Waals surface area contributed by atoms with E-state index >= 15 is 0 Å². The highest BCUT2D eigenvalue weighted by Gasteiger charge is 2.31. The number of benzene rings is 1. The minimum atomic E-state index is -4.76. The van der Waals surface area contributed by atoms with Crippen molar-refractivity contribution >= 4 is 38.6 Å². The lowest BCUT2D eigenvalue weighted by Gasteiger charge is -2.07. The van der Waals surface area contributed by atoms with Gasteiger partial charge >= 0.3 is 12.4 Å². The molecule has 1 aromatic carbocycles. The molecule has 0 saturated heterocycles. The smallest absolute Gasteiger partial charge is 0.406 e. The third-order valence-corrected chi connectivity index (χ3v) is 4.15. The minimum absolute atomic E-state index is 0.237. The first-order valence-corrected chi connectivity index (χ1v) is 8.54. The summed E-state index contributed by atoms with van der Waals surface area (Å²) in [6.45, 7) is 0.456. The number of nitrogens with zero attached hydrogens (tertiary/aromatic N) is 1. The van der Waals surface area contributed by atoms with Crippen molar-refractivity contribution in [3.05, 3.63) is 18.2 Å². The summed E-state index contributed by atoms with van der Waals surface area (Å²) in [6.07, 6.45) is -2.41. The first-order valence-electron chi connectivity index (χ1n) is 7.72. The maximum atomic E-state index is 12.2. The molecule has 7 nitrogen and oxygen atoms in total. The summed E-state index contributed by atoms with van der Waals surface area (Å²) in [4.78, 5) is 26.5. The summed E-state index contributed by atoms with van der Waals surface area (Å²) in [5.41, 5.74) is 5.40. The number of rotatable bonds is 8. The lowest BCUT2D eigenvalue weighted by molar-refractivity contribution is -0.274. The number of ether oxygens (including phenoxy) is 1. The van der Waals surface area contributed by atoms with Gasteiger partial charge in [-0.25, -0.2) is 9.78 Å². The Morgan fingerprint density at radius 2 is 2.00 bits per heavy atom. The van der Waals surface area contributed by atoms with E-state index in [4.69, 9.17) is 5.73 Å². The van der Waals surface area contributed by atoms with Gasteiger partial charge in [0.2, 0.25) is 5.91 Å². The van der Waals surface area contributed by atoms with Gasteiger partial charge in [0, 0.05) is 19.0 Å². The Morgan fingerprint density at radius 1 is 1.23 bits per heavy atom. The Morgan fingerprint density at radius 3 is 2.69 bits per heavy atom. The van der Waals surface area contributed by atoms with Crippen LogP contribution in [-0.2, 0) is 4.79 Å². The molecule has 1 aromatic heterocycles. The number of thiazole rings is 1. The Bertz CT molecular complexity index is 779. The molecule has 0 radical (unpaired) electrons. The van der Waals surface area contributed by atoms with Crippen LogP contribution in [0.4, 0.5) is 23.1 Å². The highest BCUT2D eigenvalue weighted by atomic mass is 32.1. The molecule has 0 aliphatic heterocycles. The Hall–Kier alpha value is -2.56. The average Bonchev–Trinajstić information content (AvgIpc) is 2.90. The Balaban J connectivity index is 1.82. The molecule has 2 rings (SSSR count). The molecule has 0 bridgehead atoms. The topological polar surface area (TPSA) is 106 Å². The number of fused-ring (bicyclic) bond motifs is 1. The van der Waals surface area contributed by atoms with Crippen LogP contribution in [0.15, 0.2) is 18.2 Å². The summed E-state index contributed by atoms with van der Waals surface area (Å²) in [6, 6.07) is 3.21. The molecule has 11 heteroatoms. The fraction of sp³-hybridized carbons (Fsp3) is 0.400. The van der Waals surface area contributed by atoms with Gasteiger partial charge in [0.05, 0.1) is 10.2 Å². The largest absolute Gasteiger partial charge is 0.573 e. The molecule has 1 heterocycles. The molecule has 0 spiro atoms. The number of anilines is 1. The number of alkyl halides is 3. The van der Waals surface area contributed by atoms with Crippen molar-refractivity contribution in [2.24, 2.45) is 5.73 Å². The summed E-state index contributed by atoms with van der Waals surface area (Å²) < 4.78 is 41.0. The van der Waals surface area contributed by atoms with E-state index in [9.17, 15) is 22.8 Å². The number of hydrogen-bond donors (Lipinski definition) is 3. The molecule has 0 fully saturated rings. The van der Waals surface area contributed by atoms with Gasteiger partial charge in [0.1, 0.15) is 5.75 Å². The van der Waals surface area contributed by atoms with Gasteiger partial charge in [-0.15, -0.1) is 13.2 Å². The van der Waals surface area contributed by atoms with E-state index in [-0.39, 0.29) is 18.1 Å². The first-order chi connectivity index (χ1) is 12.2. The molecule has 2 aromatic rings. The highest BCUT2D eigenvalue weighted by molar-refractivity contribution is 7.22. The number of carbonyl (C=O) groups is 2. The molecule has 0 unspecified atom stereocenters. The van der Waals surface area contributed by atoms with Crippen LogP contribution in [0.3, 0.4) is 0 Å². The number of unbranched alkanes of at least 4 members (excludes halogenated alkanes) is 2. The summed E-state index contributed by atoms with van der Waals surface area (Å²) in [5, 5.41) is 5.39. The van der Waals surface area contributed by atoms with E-state index in [1.165, 1.54) is 18.2 Å². The maximum Gasteiger partial charge on any atom is 0.573 e. The highest BCUT2D eigenvalue weighted by Crippen LogP contribution is 2.31. The fourth-order valence-electron chi connectivity index (χ4n) is 2.14. The summed E-state index contributed by atoms with van der Waals surface area (Å²) in [5.74, 6) is -0.574. The van der Waals surface area contributed by atoms with Crippen LogP contribution in [0.5, 0.6) is 5.75 Å². The second-order valence-electron chi connectivity index (χ2n) is 5.35. The van der Waals surface area contributed by atoms with Crippen LogP contribution in [-0.4, -0.2) is 29.8 Å². The molecular formula is C15H17F3N4O3S. The zero-order valence-corrected chi connectivity index (χ0v) is 14.4. The lowest BCUT2D eigenvalue weighted by atomic mass is 10.2. The number of hydrogen-bond acceptors (Lipinski definition) is 5. The number of halogens is 3. The van der Waals surface area contributed by atoms with Crippen molar-refractivity contribution in [3.8, 4) is 5.75 Å². The van der Waals surface area contributed by atoms with Gasteiger partial charge in [-0.05, 0) is 25.0 Å². The molecule has 142 valence electrons. The number of carbonyl (C=O) groups excluding carboxylic acids is 2. The molecule has 0 aliphatic carbocycles. The van der Waals surface area contributed by atoms with Crippen molar-refractivity contribution < 1.29 is 27.5 Å². The third kappa shape index (κ3) is 6.75. The number of nitrogens with one attached hydrogen (secondary N) is 2. The third-order valence-electron chi connectivity index (χ3n) is 3.22. The van der Waals surface area contributed by atoms with Crippen molar-refractivity contribution in [2.45, 2.75) is 32.0 Å². The van der Waals surface area contributed by atoms with Gasteiger partial charge in [0.15, 0.2) is 5.13 Å². The molecular weight excluding hydrogens is 373 g/mol. The molecule has 3 amide bonds. The number of amides is 3. The number of primary amides is 1. The maximum absolute atomic E-state index is 12.2. The van der Waals surface area contributed by atoms with Crippen molar-refractivity contribution in [3.63, 3.8) is 0 Å². The first kappa shape index (κ1) is 19.8. The second kappa shape index (κ2) is 8.70. The van der Waals surface area contributed by atoms with E-state index in [0.29, 0.717) is 34.7 Å². The summed E-state index contributed by atoms with van der Waals surface area (Å²) >= 11 is 1.06. The van der Waals surface area contributed by atoms with Crippen molar-refractivity contribution in [1.82, 2.24) is 10.3 Å². The zero-order valence-electron chi connectivity index (χ0n) is 13.6. The fourth-order valence-corrected chi connectivity index (χ4v) is 3.05. The Labute approximate surface area is 150 Å². The zero-order chi connectivity index (χ0) is 19.2. The molecule has 0 saturated carbocycles. The van der Waals surface area contributed by atoms with Crippen LogP contribution in [0.25, 0.3) is 10.2 Å². The quantitative estimate of drug-likeness (QED) is 0.601. The van der Waals surface area contributed by atoms with Crippen molar-refractivity contribution in [2.75, 3.05) is 11.9 Å². The standard InChI is InChI=1S/C15H17F3N4O3S/c16-15(17,18)25-9-5-6-10-11(8-9)26-14(21-10)22-12(23)4-2-1-3-7-20-13(19)24/h5-6,8H,1-4,7H2,(H3,19,20,24)(H,21,22,23). The Kier molecular flexibility index (Phi) is 6.61.